The number of carbonyl (C=O) groups is 1. The second kappa shape index (κ2) is 10.3. The Balaban J connectivity index is 1.42. The summed E-state index contributed by atoms with van der Waals surface area (Å²) in [7, 11) is -3.78. The highest BCUT2D eigenvalue weighted by Gasteiger charge is 2.16. The number of nitrogens with zero attached hydrogens (tertiary/aromatic N) is 1. The van der Waals surface area contributed by atoms with Crippen molar-refractivity contribution in [3.05, 3.63) is 130 Å². The van der Waals surface area contributed by atoms with Crippen LogP contribution in [0.1, 0.15) is 21.5 Å². The van der Waals surface area contributed by atoms with Crippen LogP contribution >= 0.6 is 0 Å². The summed E-state index contributed by atoms with van der Waals surface area (Å²) >= 11 is 0. The fourth-order valence-corrected chi connectivity index (χ4v) is 4.41. The Hall–Kier alpha value is -4.01. The van der Waals surface area contributed by atoms with Gasteiger partial charge in [-0.05, 0) is 47.5 Å². The Morgan fingerprint density at radius 3 is 2.26 bits per heavy atom. The molecule has 1 aromatic heterocycles. The summed E-state index contributed by atoms with van der Waals surface area (Å²) < 4.78 is 29.5. The lowest BCUT2D eigenvalue weighted by Crippen LogP contribution is -2.23. The first-order valence-corrected chi connectivity index (χ1v) is 12.1. The third-order valence-electron chi connectivity index (χ3n) is 5.18. The average molecular weight is 474 g/mol. The van der Waals surface area contributed by atoms with Crippen LogP contribution in [0.2, 0.25) is 0 Å². The Morgan fingerprint density at radius 2 is 1.53 bits per heavy atom. The molecular weight excluding hydrogens is 450 g/mol. The minimum atomic E-state index is -3.78. The highest BCUT2D eigenvalue weighted by atomic mass is 32.2. The average Bonchev–Trinajstić information content (AvgIpc) is 2.86. The van der Waals surface area contributed by atoms with Crippen molar-refractivity contribution in [2.75, 3.05) is 5.32 Å². The van der Waals surface area contributed by atoms with Gasteiger partial charge in [0.2, 0.25) is 10.0 Å². The van der Waals surface area contributed by atoms with Crippen LogP contribution in [0.25, 0.3) is 0 Å². The zero-order chi connectivity index (χ0) is 24.0. The summed E-state index contributed by atoms with van der Waals surface area (Å²) in [4.78, 5) is 24.6. The Morgan fingerprint density at radius 1 is 0.794 bits per heavy atom. The molecule has 172 valence electrons. The van der Waals surface area contributed by atoms with Crippen molar-refractivity contribution in [3.8, 4) is 0 Å². The van der Waals surface area contributed by atoms with Gasteiger partial charge in [-0.15, -0.1) is 0 Å². The van der Waals surface area contributed by atoms with E-state index in [4.69, 9.17) is 0 Å². The first-order chi connectivity index (χ1) is 16.4. The zero-order valence-electron chi connectivity index (χ0n) is 18.2. The van der Waals surface area contributed by atoms with E-state index in [2.05, 4.69) is 10.0 Å². The number of amides is 1. The molecule has 2 N–H and O–H groups in total. The fourth-order valence-electron chi connectivity index (χ4n) is 3.35. The Bertz CT molecular complexity index is 1450. The summed E-state index contributed by atoms with van der Waals surface area (Å²) in [5.41, 5.74) is 2.43. The van der Waals surface area contributed by atoms with E-state index >= 15 is 0 Å². The van der Waals surface area contributed by atoms with Crippen molar-refractivity contribution in [2.24, 2.45) is 0 Å². The number of aromatic nitrogens is 1. The van der Waals surface area contributed by atoms with Gasteiger partial charge in [0.1, 0.15) is 0 Å². The van der Waals surface area contributed by atoms with Gasteiger partial charge < -0.3 is 9.88 Å². The first kappa shape index (κ1) is 23.2. The lowest BCUT2D eigenvalue weighted by molar-refractivity contribution is 0.102. The molecule has 4 rings (SSSR count). The molecule has 0 atom stereocenters. The van der Waals surface area contributed by atoms with Crippen LogP contribution in [0.3, 0.4) is 0 Å². The summed E-state index contributed by atoms with van der Waals surface area (Å²) in [5, 5.41) is 2.77. The SMILES string of the molecule is O=C(Nc1ccc(Cn2ccccc2=O)cc1)c1cccc(S(=O)(=O)NCc2ccccc2)c1. The van der Waals surface area contributed by atoms with Gasteiger partial charge in [-0.25, -0.2) is 13.1 Å². The van der Waals surface area contributed by atoms with Crippen molar-refractivity contribution < 1.29 is 13.2 Å². The largest absolute Gasteiger partial charge is 0.322 e. The monoisotopic (exact) mass is 473 g/mol. The van der Waals surface area contributed by atoms with E-state index in [-0.39, 0.29) is 22.6 Å². The van der Waals surface area contributed by atoms with Crippen LogP contribution in [0, 0.1) is 0 Å². The topological polar surface area (TPSA) is 97.3 Å². The highest BCUT2D eigenvalue weighted by molar-refractivity contribution is 7.89. The second-order valence-corrected chi connectivity index (χ2v) is 9.42. The highest BCUT2D eigenvalue weighted by Crippen LogP contribution is 2.16. The molecule has 0 spiro atoms. The molecule has 0 radical (unpaired) electrons. The second-order valence-electron chi connectivity index (χ2n) is 7.66. The van der Waals surface area contributed by atoms with E-state index in [1.54, 1.807) is 41.1 Å². The Kier molecular flexibility index (Phi) is 7.01. The molecule has 0 saturated heterocycles. The van der Waals surface area contributed by atoms with Crippen LogP contribution < -0.4 is 15.6 Å². The predicted molar refractivity (Wildman–Crippen MR) is 131 cm³/mol. The summed E-state index contributed by atoms with van der Waals surface area (Å²) in [6.07, 6.45) is 1.72. The molecule has 0 unspecified atom stereocenters. The van der Waals surface area contributed by atoms with Crippen molar-refractivity contribution in [1.29, 1.82) is 0 Å². The number of benzene rings is 3. The van der Waals surface area contributed by atoms with Gasteiger partial charge in [0.15, 0.2) is 0 Å². The van der Waals surface area contributed by atoms with Crippen molar-refractivity contribution in [1.82, 2.24) is 9.29 Å². The minimum absolute atomic E-state index is 0.0136. The molecule has 1 heterocycles. The Labute approximate surface area is 197 Å². The van der Waals surface area contributed by atoms with Crippen molar-refractivity contribution in [3.63, 3.8) is 0 Å². The fraction of sp³-hybridized carbons (Fsp3) is 0.0769. The third kappa shape index (κ3) is 5.86. The molecule has 0 fully saturated rings. The van der Waals surface area contributed by atoms with E-state index < -0.39 is 15.9 Å². The van der Waals surface area contributed by atoms with Gasteiger partial charge in [-0.2, -0.15) is 0 Å². The molecule has 8 heteroatoms. The molecule has 0 aliphatic carbocycles. The van der Waals surface area contributed by atoms with Gasteiger partial charge in [0.05, 0.1) is 11.4 Å². The summed E-state index contributed by atoms with van der Waals surface area (Å²) in [5.74, 6) is -0.424. The normalized spacial score (nSPS) is 11.2. The van der Waals surface area contributed by atoms with Crippen LogP contribution in [0.4, 0.5) is 5.69 Å². The number of carbonyl (C=O) groups excluding carboxylic acids is 1. The maximum Gasteiger partial charge on any atom is 0.255 e. The standard InChI is InChI=1S/C26H23N3O4S/c30-25-11-4-5-16-29(25)19-21-12-14-23(15-13-21)28-26(31)22-9-6-10-24(17-22)34(32,33)27-18-20-7-2-1-3-8-20/h1-17,27H,18-19H2,(H,28,31). The molecule has 1 amide bonds. The number of sulfonamides is 1. The molecule has 0 bridgehead atoms. The van der Waals surface area contributed by atoms with Crippen LogP contribution in [-0.4, -0.2) is 18.9 Å². The number of pyridine rings is 1. The van der Waals surface area contributed by atoms with Crippen LogP contribution in [0.5, 0.6) is 0 Å². The lowest BCUT2D eigenvalue weighted by atomic mass is 10.1. The van der Waals surface area contributed by atoms with Gasteiger partial charge >= 0.3 is 0 Å². The van der Waals surface area contributed by atoms with Crippen molar-refractivity contribution in [2.45, 2.75) is 18.0 Å². The quantitative estimate of drug-likeness (QED) is 0.408. The molecule has 0 saturated carbocycles. The molecule has 0 aliphatic heterocycles. The first-order valence-electron chi connectivity index (χ1n) is 10.6. The maximum absolute atomic E-state index is 12.7. The molecule has 34 heavy (non-hydrogen) atoms. The summed E-state index contributed by atoms with van der Waals surface area (Å²) in [6, 6.07) is 27.2. The zero-order valence-corrected chi connectivity index (χ0v) is 19.0. The van der Waals surface area contributed by atoms with Gasteiger partial charge in [-0.1, -0.05) is 54.6 Å². The molecular formula is C26H23N3O4S. The van der Waals surface area contributed by atoms with Crippen LogP contribution in [0.15, 0.2) is 113 Å². The van der Waals surface area contributed by atoms with E-state index in [1.807, 2.05) is 42.5 Å². The van der Waals surface area contributed by atoms with E-state index in [0.29, 0.717) is 12.2 Å². The maximum atomic E-state index is 12.7. The number of anilines is 1. The minimum Gasteiger partial charge on any atom is -0.322 e. The number of hydrogen-bond acceptors (Lipinski definition) is 4. The molecule has 3 aromatic carbocycles. The predicted octanol–water partition coefficient (Wildman–Crippen LogP) is 3.63. The van der Waals surface area contributed by atoms with Crippen LogP contribution in [-0.2, 0) is 23.1 Å². The van der Waals surface area contributed by atoms with Gasteiger partial charge in [0, 0.05) is 30.1 Å². The molecule has 0 aliphatic rings. The van der Waals surface area contributed by atoms with Gasteiger partial charge in [0.25, 0.3) is 11.5 Å². The van der Waals surface area contributed by atoms with E-state index in [0.717, 1.165) is 11.1 Å². The van der Waals surface area contributed by atoms with E-state index in [1.165, 1.54) is 24.3 Å². The number of rotatable bonds is 8. The number of hydrogen-bond donors (Lipinski definition) is 2. The van der Waals surface area contributed by atoms with Crippen molar-refractivity contribution >= 4 is 21.6 Å². The number of nitrogens with one attached hydrogen (secondary N) is 2. The van der Waals surface area contributed by atoms with Gasteiger partial charge in [-0.3, -0.25) is 9.59 Å². The molecule has 7 nitrogen and oxygen atoms in total. The summed E-state index contributed by atoms with van der Waals surface area (Å²) in [6.45, 7) is 0.574. The molecule has 4 aromatic rings. The third-order valence-corrected chi connectivity index (χ3v) is 6.58. The smallest absolute Gasteiger partial charge is 0.255 e. The van der Waals surface area contributed by atoms with E-state index in [9.17, 15) is 18.0 Å². The lowest BCUT2D eigenvalue weighted by Gasteiger charge is -2.10.